The van der Waals surface area contributed by atoms with Crippen LogP contribution >= 0.6 is 0 Å². The van der Waals surface area contributed by atoms with Crippen LogP contribution in [-0.4, -0.2) is 158 Å². The second kappa shape index (κ2) is 29.4. The minimum absolute atomic E-state index is 0.0107. The number of cyclic esters (lactones) is 1. The number of rotatable bonds is 9. The molecule has 18 nitrogen and oxygen atoms in total. The van der Waals surface area contributed by atoms with Gasteiger partial charge in [-0.05, 0) is 107 Å². The molecule has 0 aromatic carbocycles. The van der Waals surface area contributed by atoms with Crippen LogP contribution in [0.3, 0.4) is 0 Å². The van der Waals surface area contributed by atoms with Crippen LogP contribution in [0.4, 0.5) is 18.0 Å². The first-order valence-corrected chi connectivity index (χ1v) is 26.8. The van der Waals surface area contributed by atoms with Gasteiger partial charge in [0.1, 0.15) is 36.2 Å². The molecule has 4 aliphatic rings. The van der Waals surface area contributed by atoms with Gasteiger partial charge in [0, 0.05) is 58.5 Å². The van der Waals surface area contributed by atoms with E-state index in [1.54, 1.807) is 34.6 Å². The van der Waals surface area contributed by atoms with Crippen molar-refractivity contribution in [2.45, 2.75) is 192 Å². The number of methoxy groups -OCH3 is 4. The van der Waals surface area contributed by atoms with Crippen LogP contribution < -0.4 is 5.32 Å². The van der Waals surface area contributed by atoms with E-state index in [-0.39, 0.29) is 56.3 Å². The number of carbonyl (C=O) groups is 7. The monoisotopic (exact) mass is 1100 g/mol. The van der Waals surface area contributed by atoms with Crippen LogP contribution in [0.5, 0.6) is 0 Å². The van der Waals surface area contributed by atoms with Gasteiger partial charge in [-0.1, -0.05) is 71.1 Å². The third kappa shape index (κ3) is 17.6. The average molecular weight is 1100 g/mol. The summed E-state index contributed by atoms with van der Waals surface area (Å²) in [5.41, 5.74) is 1.13. The molecule has 2 saturated heterocycles. The van der Waals surface area contributed by atoms with E-state index in [2.05, 4.69) is 4.74 Å². The number of nitrogens with zero attached hydrogens (tertiary/aromatic N) is 1. The Morgan fingerprint density at radius 1 is 0.870 bits per heavy atom. The second-order valence-corrected chi connectivity index (χ2v) is 21.6. The SMILES string of the molecule is COC(=O)C(NC(=O)O[C@@H]1CCC(CC(C)C2CC(=O)C(C)/C=C(\C)[C@@H](O)C(OC)C(=O)[C@H](C)CC(C)\C=C/C=C/C=C(\C)C(OC)CC3CC[C@@H](C)[C@@](O)(O3)C(=O)C(=O)N3CCCC[C@H]3C(=O)O2)CC1OC)C(F)(F)F. The predicted molar refractivity (Wildman–Crippen MR) is 274 cm³/mol. The first-order valence-electron chi connectivity index (χ1n) is 26.8. The number of allylic oxidation sites excluding steroid dienone is 6. The molecule has 3 fully saturated rings. The highest BCUT2D eigenvalue weighted by atomic mass is 19.4. The molecule has 2 amide bonds. The first kappa shape index (κ1) is 64.7. The lowest BCUT2D eigenvalue weighted by atomic mass is 9.78. The number of halogens is 3. The van der Waals surface area contributed by atoms with Crippen LogP contribution in [0.1, 0.15) is 126 Å². The number of Topliss-reactive ketones (excluding diaryl/α,β-unsaturated/α-hetero) is 3. The van der Waals surface area contributed by atoms with Crippen molar-refractivity contribution in [2.24, 2.45) is 35.5 Å². The largest absolute Gasteiger partial charge is 0.467 e. The average Bonchev–Trinajstić information content (AvgIpc) is 3.39. The lowest BCUT2D eigenvalue weighted by Gasteiger charge is -2.42. The number of alkyl carbamates (subject to hydrolysis) is 1. The molecule has 1 aliphatic carbocycles. The fraction of sp³-hybridized carbons (Fsp3) is 0.732. The molecule has 0 spiro atoms. The Labute approximate surface area is 450 Å². The van der Waals surface area contributed by atoms with Crippen molar-refractivity contribution in [2.75, 3.05) is 35.0 Å². The molecule has 21 heteroatoms. The maximum Gasteiger partial charge on any atom is 0.419 e. The van der Waals surface area contributed by atoms with Crippen LogP contribution in [0.2, 0.25) is 0 Å². The van der Waals surface area contributed by atoms with Gasteiger partial charge in [0.05, 0.1) is 25.4 Å². The van der Waals surface area contributed by atoms with Gasteiger partial charge in [-0.25, -0.2) is 14.4 Å². The summed E-state index contributed by atoms with van der Waals surface area (Å²) in [5.74, 6) is -11.2. The summed E-state index contributed by atoms with van der Waals surface area (Å²) in [4.78, 5) is 96.9. The lowest BCUT2D eigenvalue weighted by Crippen LogP contribution is -2.61. The van der Waals surface area contributed by atoms with Crippen molar-refractivity contribution < 1.29 is 90.1 Å². The molecule has 10 unspecified atom stereocenters. The van der Waals surface area contributed by atoms with E-state index in [9.17, 15) is 56.9 Å². The van der Waals surface area contributed by atoms with Crippen LogP contribution in [0.15, 0.2) is 47.6 Å². The van der Waals surface area contributed by atoms with Crippen LogP contribution in [-0.2, 0) is 61.9 Å². The zero-order chi connectivity index (χ0) is 57.5. The van der Waals surface area contributed by atoms with Gasteiger partial charge >= 0.3 is 24.2 Å². The molecule has 3 heterocycles. The molecule has 1 saturated carbocycles. The summed E-state index contributed by atoms with van der Waals surface area (Å²) in [5, 5.41) is 25.0. The first-order chi connectivity index (χ1) is 36.2. The van der Waals surface area contributed by atoms with Crippen LogP contribution in [0, 0.1) is 35.5 Å². The van der Waals surface area contributed by atoms with Gasteiger partial charge < -0.3 is 48.3 Å². The normalized spacial score (nSPS) is 36.4. The van der Waals surface area contributed by atoms with E-state index in [4.69, 9.17) is 28.4 Å². The summed E-state index contributed by atoms with van der Waals surface area (Å²) >= 11 is 0. The number of alkyl halides is 3. The number of hydrogen-bond donors (Lipinski definition) is 3. The zero-order valence-corrected chi connectivity index (χ0v) is 46.5. The second-order valence-electron chi connectivity index (χ2n) is 21.6. The quantitative estimate of drug-likeness (QED) is 0.0910. The number of amides is 2. The predicted octanol–water partition coefficient (Wildman–Crippen LogP) is 7.02. The zero-order valence-electron chi connectivity index (χ0n) is 46.5. The van der Waals surface area contributed by atoms with Crippen molar-refractivity contribution in [1.29, 1.82) is 0 Å². The summed E-state index contributed by atoms with van der Waals surface area (Å²) in [7, 11) is 4.95. The summed E-state index contributed by atoms with van der Waals surface area (Å²) < 4.78 is 79.6. The smallest absolute Gasteiger partial charge is 0.419 e. The Morgan fingerprint density at radius 3 is 2.21 bits per heavy atom. The number of fused-ring (bicyclic) bond motifs is 3. The Bertz CT molecular complexity index is 2180. The highest BCUT2D eigenvalue weighted by Crippen LogP contribution is 2.38. The number of hydrogen-bond acceptors (Lipinski definition) is 16. The fourth-order valence-corrected chi connectivity index (χ4v) is 10.9. The summed E-state index contributed by atoms with van der Waals surface area (Å²) in [6.45, 7) is 12.2. The highest BCUT2D eigenvalue weighted by Gasteiger charge is 2.53. The molecule has 3 N–H and O–H groups in total. The Balaban J connectivity index is 1.67. The molecule has 434 valence electrons. The van der Waals surface area contributed by atoms with Crippen molar-refractivity contribution in [3.05, 3.63) is 47.6 Å². The Hall–Kier alpha value is -4.80. The van der Waals surface area contributed by atoms with E-state index in [0.29, 0.717) is 50.5 Å². The number of carbonyl (C=O) groups excluding carboxylic acids is 7. The standard InChI is InChI=1S/C56H83F3N2O16/c1-31-17-13-12-14-18-32(2)43(71-8)29-39-22-20-37(7)55(70,77-39)50(65)51(66)61-24-16-15-19-40(61)52(67)75-44(30-41(62)33(3)26-36(6)47(64)48(73-10)46(63)35(5)25-31)34(4)27-38-21-23-42(45(28-38)72-9)76-54(69)60-49(53(68)74-11)56(57,58)59/h12-14,17-18,26,31,33-35,37-40,42-45,47-49,64,70H,15-16,19-25,27-30H2,1-11H3,(H,60,69)/b14-12+,17-13-,32-18+,36-26+/t31?,33?,34?,35-,37-,38?,39?,40+,42-,43?,44?,45?,47-,48?,49?,55-/m1/s1. The topological polar surface area (TPSA) is 240 Å². The third-order valence-corrected chi connectivity index (χ3v) is 15.7. The molecule has 77 heavy (non-hydrogen) atoms. The maximum atomic E-state index is 14.5. The number of aliphatic hydroxyl groups excluding tert-OH is 1. The van der Waals surface area contributed by atoms with Crippen molar-refractivity contribution in [1.82, 2.24) is 10.2 Å². The van der Waals surface area contributed by atoms with Gasteiger partial charge in [0.2, 0.25) is 11.8 Å². The number of aliphatic hydroxyl groups is 2. The van der Waals surface area contributed by atoms with Gasteiger partial charge in [-0.3, -0.25) is 24.5 Å². The molecular weight excluding hydrogens is 1010 g/mol. The Morgan fingerprint density at radius 2 is 1.57 bits per heavy atom. The number of esters is 2. The van der Waals surface area contributed by atoms with E-state index >= 15 is 0 Å². The molecule has 3 aliphatic heterocycles. The van der Waals surface area contributed by atoms with Crippen molar-refractivity contribution in [3.63, 3.8) is 0 Å². The number of ether oxygens (including phenoxy) is 7. The van der Waals surface area contributed by atoms with Crippen molar-refractivity contribution >= 4 is 41.3 Å². The Kier molecular flexibility index (Phi) is 24.7. The van der Waals surface area contributed by atoms with E-state index in [1.807, 2.05) is 44.2 Å². The third-order valence-electron chi connectivity index (χ3n) is 15.7. The molecule has 16 atom stereocenters. The van der Waals surface area contributed by atoms with E-state index in [1.165, 1.54) is 32.7 Å². The maximum absolute atomic E-state index is 14.5. The molecule has 0 aromatic heterocycles. The van der Waals surface area contributed by atoms with E-state index < -0.39 is 126 Å². The summed E-state index contributed by atoms with van der Waals surface area (Å²) in [6, 6.07) is -4.24. The lowest BCUT2D eigenvalue weighted by molar-refractivity contribution is -0.265. The molecule has 0 aromatic rings. The van der Waals surface area contributed by atoms with E-state index in [0.717, 1.165) is 17.6 Å². The summed E-state index contributed by atoms with van der Waals surface area (Å²) in [6.07, 6.45) is 0.730. The highest BCUT2D eigenvalue weighted by molar-refractivity contribution is 6.39. The molecule has 4 rings (SSSR count). The van der Waals surface area contributed by atoms with Gasteiger partial charge in [-0.15, -0.1) is 0 Å². The fourth-order valence-electron chi connectivity index (χ4n) is 10.9. The minimum atomic E-state index is -5.16. The van der Waals surface area contributed by atoms with Gasteiger partial charge in [-0.2, -0.15) is 13.2 Å². The van der Waals surface area contributed by atoms with Crippen LogP contribution in [0.25, 0.3) is 0 Å². The number of piperidine rings is 1. The molecule has 0 radical (unpaired) electrons. The number of nitrogens with one attached hydrogen (secondary N) is 1. The van der Waals surface area contributed by atoms with Gasteiger partial charge in [0.25, 0.3) is 11.7 Å². The van der Waals surface area contributed by atoms with Crippen molar-refractivity contribution in [3.8, 4) is 0 Å². The minimum Gasteiger partial charge on any atom is -0.467 e. The molecule has 2 bridgehead atoms. The van der Waals surface area contributed by atoms with Gasteiger partial charge in [0.15, 0.2) is 5.78 Å². The molecular formula is C56H83F3N2O16. The number of ketones is 3.